The topological polar surface area (TPSA) is 119 Å². The molecule has 0 aliphatic heterocycles. The summed E-state index contributed by atoms with van der Waals surface area (Å²) in [5.74, 6) is -0.151. The number of halogens is 1. The number of sulfonamides is 1. The Labute approximate surface area is 227 Å². The van der Waals surface area contributed by atoms with Crippen molar-refractivity contribution in [2.24, 2.45) is 5.92 Å². The Hall–Kier alpha value is -3.63. The zero-order chi connectivity index (χ0) is 28.0. The Morgan fingerprint density at radius 2 is 1.79 bits per heavy atom. The number of ether oxygens (including phenoxy) is 1. The van der Waals surface area contributed by atoms with Gasteiger partial charge in [-0.15, -0.1) is 0 Å². The first-order valence-corrected chi connectivity index (χ1v) is 13.7. The van der Waals surface area contributed by atoms with Gasteiger partial charge in [0.05, 0.1) is 28.7 Å². The summed E-state index contributed by atoms with van der Waals surface area (Å²) in [6.07, 6.45) is 0.632. The molecule has 1 amide bonds. The van der Waals surface area contributed by atoms with Gasteiger partial charge < -0.3 is 10.1 Å². The molecule has 9 nitrogen and oxygen atoms in total. The first kappa shape index (κ1) is 28.9. The fraction of sp³-hybridized carbons (Fsp3) is 0.296. The summed E-state index contributed by atoms with van der Waals surface area (Å²) in [5.41, 5.74) is 0.865. The van der Waals surface area contributed by atoms with Crippen molar-refractivity contribution in [3.63, 3.8) is 0 Å². The molecule has 0 aliphatic carbocycles. The number of benzene rings is 3. The van der Waals surface area contributed by atoms with Crippen molar-refractivity contribution in [2.45, 2.75) is 38.1 Å². The second-order valence-corrected chi connectivity index (χ2v) is 11.5. The molecule has 0 saturated heterocycles. The Balaban J connectivity index is 2.07. The number of nitrogens with one attached hydrogen (secondary N) is 1. The number of nitro groups is 1. The molecule has 3 aromatic carbocycles. The maximum atomic E-state index is 13.9. The molecule has 38 heavy (non-hydrogen) atoms. The molecule has 3 aromatic rings. The highest BCUT2D eigenvalue weighted by Gasteiger charge is 2.32. The lowest BCUT2D eigenvalue weighted by molar-refractivity contribution is -0.385. The molecule has 11 heteroatoms. The number of methoxy groups -OCH3 is 1. The minimum absolute atomic E-state index is 0.0264. The smallest absolute Gasteiger partial charge is 0.273 e. The van der Waals surface area contributed by atoms with Gasteiger partial charge >= 0.3 is 0 Å². The van der Waals surface area contributed by atoms with Crippen molar-refractivity contribution in [1.82, 2.24) is 5.32 Å². The van der Waals surface area contributed by atoms with E-state index in [9.17, 15) is 23.3 Å². The summed E-state index contributed by atoms with van der Waals surface area (Å²) in [5, 5.41) is 14.7. The molecule has 1 N–H and O–H groups in total. The Kier molecular flexibility index (Phi) is 9.35. The molecule has 0 heterocycles. The van der Waals surface area contributed by atoms with Crippen LogP contribution in [0.4, 0.5) is 11.4 Å². The molecule has 0 spiro atoms. The average Bonchev–Trinajstić information content (AvgIpc) is 2.87. The fourth-order valence-electron chi connectivity index (χ4n) is 4.04. The number of carbonyl (C=O) groups is 1. The number of nitrogens with zero attached hydrogens (tertiary/aromatic N) is 2. The molecule has 0 unspecified atom stereocenters. The van der Waals surface area contributed by atoms with Gasteiger partial charge in [0.15, 0.2) is 0 Å². The van der Waals surface area contributed by atoms with Gasteiger partial charge in [-0.2, -0.15) is 0 Å². The second kappa shape index (κ2) is 12.3. The molecule has 0 aliphatic rings. The van der Waals surface area contributed by atoms with Crippen LogP contribution in [0.25, 0.3) is 0 Å². The quantitative estimate of drug-likeness (QED) is 0.239. The summed E-state index contributed by atoms with van der Waals surface area (Å²) < 4.78 is 34.0. The van der Waals surface area contributed by atoms with Crippen molar-refractivity contribution in [2.75, 3.05) is 18.0 Å². The Morgan fingerprint density at radius 3 is 2.39 bits per heavy atom. The number of amides is 1. The van der Waals surface area contributed by atoms with Crippen molar-refractivity contribution in [3.8, 4) is 5.75 Å². The van der Waals surface area contributed by atoms with Gasteiger partial charge in [-0.25, -0.2) is 8.42 Å². The van der Waals surface area contributed by atoms with E-state index < -0.39 is 27.4 Å². The fourth-order valence-corrected chi connectivity index (χ4v) is 5.65. The third-order valence-electron chi connectivity index (χ3n) is 5.91. The van der Waals surface area contributed by atoms with E-state index in [4.69, 9.17) is 16.3 Å². The van der Waals surface area contributed by atoms with Crippen molar-refractivity contribution >= 4 is 38.9 Å². The van der Waals surface area contributed by atoms with Gasteiger partial charge in [0.1, 0.15) is 12.3 Å². The van der Waals surface area contributed by atoms with Gasteiger partial charge in [-0.3, -0.25) is 19.2 Å². The maximum Gasteiger partial charge on any atom is 0.273 e. The molecule has 3 rings (SSSR count). The molecule has 0 saturated carbocycles. The number of nitro benzene ring substituents is 1. The van der Waals surface area contributed by atoms with E-state index >= 15 is 0 Å². The van der Waals surface area contributed by atoms with E-state index in [2.05, 4.69) is 5.32 Å². The van der Waals surface area contributed by atoms with Crippen LogP contribution in [-0.4, -0.2) is 32.9 Å². The molecule has 0 radical (unpaired) electrons. The van der Waals surface area contributed by atoms with Crippen LogP contribution < -0.4 is 14.4 Å². The van der Waals surface area contributed by atoms with E-state index in [1.807, 2.05) is 44.2 Å². The van der Waals surface area contributed by atoms with E-state index in [-0.39, 0.29) is 39.0 Å². The highest BCUT2D eigenvalue weighted by molar-refractivity contribution is 7.92. The van der Waals surface area contributed by atoms with Gasteiger partial charge in [-0.05, 0) is 49.1 Å². The first-order valence-electron chi connectivity index (χ1n) is 11.9. The van der Waals surface area contributed by atoms with Crippen LogP contribution in [0, 0.1) is 23.0 Å². The van der Waals surface area contributed by atoms with E-state index in [1.54, 1.807) is 0 Å². The third kappa shape index (κ3) is 6.81. The molecular formula is C27H30ClN3O6S. The van der Waals surface area contributed by atoms with Gasteiger partial charge in [0.2, 0.25) is 5.91 Å². The number of rotatable bonds is 11. The van der Waals surface area contributed by atoms with Crippen molar-refractivity contribution in [3.05, 3.63) is 93.0 Å². The second-order valence-electron chi connectivity index (χ2n) is 9.19. The van der Waals surface area contributed by atoms with Crippen molar-refractivity contribution in [1.29, 1.82) is 0 Å². The van der Waals surface area contributed by atoms with Crippen LogP contribution in [0.5, 0.6) is 5.75 Å². The lowest BCUT2D eigenvalue weighted by Gasteiger charge is -2.27. The number of hydrogen-bond donors (Lipinski definition) is 1. The zero-order valence-corrected chi connectivity index (χ0v) is 23.1. The van der Waals surface area contributed by atoms with Gasteiger partial charge in [-0.1, -0.05) is 61.8 Å². The van der Waals surface area contributed by atoms with E-state index in [1.165, 1.54) is 44.4 Å². The van der Waals surface area contributed by atoms with E-state index in [0.29, 0.717) is 12.0 Å². The highest BCUT2D eigenvalue weighted by atomic mass is 35.5. The van der Waals surface area contributed by atoms with Crippen molar-refractivity contribution < 1.29 is 22.9 Å². The highest BCUT2D eigenvalue weighted by Crippen LogP contribution is 2.36. The van der Waals surface area contributed by atoms with Gasteiger partial charge in [0, 0.05) is 16.7 Å². The normalized spacial score (nSPS) is 12.2. The third-order valence-corrected chi connectivity index (χ3v) is 7.90. The minimum atomic E-state index is -4.47. The molecule has 202 valence electrons. The summed E-state index contributed by atoms with van der Waals surface area (Å²) >= 11 is 6.19. The van der Waals surface area contributed by atoms with Crippen LogP contribution in [0.3, 0.4) is 0 Å². The minimum Gasteiger partial charge on any atom is -0.495 e. The molecule has 0 aromatic heterocycles. The monoisotopic (exact) mass is 559 g/mol. The zero-order valence-electron chi connectivity index (χ0n) is 21.5. The largest absolute Gasteiger partial charge is 0.495 e. The summed E-state index contributed by atoms with van der Waals surface area (Å²) in [6, 6.07) is 17.0. The van der Waals surface area contributed by atoms with Gasteiger partial charge in [0.25, 0.3) is 15.7 Å². The molecule has 0 bridgehead atoms. The lowest BCUT2D eigenvalue weighted by Crippen LogP contribution is -2.42. The van der Waals surface area contributed by atoms with Crippen LogP contribution in [0.15, 0.2) is 71.6 Å². The molecule has 0 fully saturated rings. The Morgan fingerprint density at radius 1 is 1.11 bits per heavy atom. The molecular weight excluding hydrogens is 530 g/mol. The summed E-state index contributed by atoms with van der Waals surface area (Å²) in [4.78, 5) is 23.9. The number of hydrogen-bond acceptors (Lipinski definition) is 6. The Bertz CT molecular complexity index is 1410. The number of anilines is 1. The van der Waals surface area contributed by atoms with Crippen LogP contribution >= 0.6 is 11.6 Å². The standard InChI is InChI=1S/C27H30ClN3O6S/c1-18(2)14-23(20-8-6-5-7-9-20)29-27(32)17-30(25-15-21(28)11-13-26(25)37-4)38(35,36)22-12-10-19(3)24(16-22)31(33)34/h5-13,15-16,18,23H,14,17H2,1-4H3,(H,29,32)/t23-/m1/s1. The maximum absolute atomic E-state index is 13.9. The first-order chi connectivity index (χ1) is 17.9. The lowest BCUT2D eigenvalue weighted by atomic mass is 9.97. The van der Waals surface area contributed by atoms with E-state index in [0.717, 1.165) is 15.9 Å². The van der Waals surface area contributed by atoms with Crippen LogP contribution in [0.1, 0.15) is 37.4 Å². The average molecular weight is 560 g/mol. The summed E-state index contributed by atoms with van der Waals surface area (Å²) in [7, 11) is -3.10. The van der Waals surface area contributed by atoms with Crippen LogP contribution in [0.2, 0.25) is 5.02 Å². The number of aryl methyl sites for hydroxylation is 1. The van der Waals surface area contributed by atoms with Crippen LogP contribution in [-0.2, 0) is 14.8 Å². The predicted molar refractivity (Wildman–Crippen MR) is 147 cm³/mol. The molecule has 1 atom stereocenters. The number of carbonyl (C=O) groups excluding carboxylic acids is 1. The summed E-state index contributed by atoms with van der Waals surface area (Å²) in [6.45, 7) is 4.96. The predicted octanol–water partition coefficient (Wildman–Crippen LogP) is 5.66. The SMILES string of the molecule is COc1ccc(Cl)cc1N(CC(=O)N[C@H](CC(C)C)c1ccccc1)S(=O)(=O)c1ccc(C)c([N+](=O)[O-])c1.